The quantitative estimate of drug-likeness (QED) is 0.734. The van der Waals surface area contributed by atoms with Gasteiger partial charge in [0.2, 0.25) is 10.0 Å². The van der Waals surface area contributed by atoms with Crippen LogP contribution >= 0.6 is 0 Å². The summed E-state index contributed by atoms with van der Waals surface area (Å²) >= 11 is 0. The van der Waals surface area contributed by atoms with Gasteiger partial charge in [-0.15, -0.1) is 0 Å². The van der Waals surface area contributed by atoms with Crippen molar-refractivity contribution < 1.29 is 22.4 Å². The zero-order valence-corrected chi connectivity index (χ0v) is 16.1. The van der Waals surface area contributed by atoms with E-state index < -0.39 is 21.9 Å². The van der Waals surface area contributed by atoms with Crippen LogP contribution in [0.25, 0.3) is 0 Å². The summed E-state index contributed by atoms with van der Waals surface area (Å²) in [7, 11) is -0.760. The highest BCUT2D eigenvalue weighted by atomic mass is 32.2. The molecule has 2 aromatic carbocycles. The number of sulfonamides is 1. The van der Waals surface area contributed by atoms with E-state index in [1.807, 2.05) is 0 Å². The first-order chi connectivity index (χ1) is 12.6. The summed E-state index contributed by atoms with van der Waals surface area (Å²) in [5.41, 5.74) is 0.555. The van der Waals surface area contributed by atoms with Gasteiger partial charge >= 0.3 is 0 Å². The van der Waals surface area contributed by atoms with E-state index in [-0.39, 0.29) is 28.6 Å². The van der Waals surface area contributed by atoms with Crippen LogP contribution in [0.3, 0.4) is 0 Å². The molecule has 0 fully saturated rings. The third-order valence-electron chi connectivity index (χ3n) is 3.81. The Morgan fingerprint density at radius 1 is 1.07 bits per heavy atom. The van der Waals surface area contributed by atoms with Crippen LogP contribution in [0, 0.1) is 5.82 Å². The molecule has 6 nitrogen and oxygen atoms in total. The Bertz CT molecular complexity index is 940. The number of nitrogens with zero attached hydrogens (tertiary/aromatic N) is 1. The highest BCUT2D eigenvalue weighted by Crippen LogP contribution is 2.15. The summed E-state index contributed by atoms with van der Waals surface area (Å²) in [6, 6.07) is 10.1. The minimum Gasteiger partial charge on any atom is -0.345 e. The predicted molar refractivity (Wildman–Crippen MR) is 99.6 cm³/mol. The third kappa shape index (κ3) is 5.45. The molecule has 0 saturated carbocycles. The molecule has 0 aliphatic carbocycles. The molecule has 27 heavy (non-hydrogen) atoms. The fourth-order valence-corrected chi connectivity index (χ4v) is 3.75. The van der Waals surface area contributed by atoms with E-state index >= 15 is 0 Å². The largest absolute Gasteiger partial charge is 0.345 e. The molecule has 0 bridgehead atoms. The van der Waals surface area contributed by atoms with Crippen LogP contribution in [0.2, 0.25) is 0 Å². The second-order valence-corrected chi connectivity index (χ2v) is 8.10. The number of nitrogens with one attached hydrogen (secondary N) is 1. The lowest BCUT2D eigenvalue weighted by atomic mass is 10.1. The van der Waals surface area contributed by atoms with E-state index in [1.165, 1.54) is 53.4 Å². The van der Waals surface area contributed by atoms with Gasteiger partial charge in [-0.3, -0.25) is 9.59 Å². The van der Waals surface area contributed by atoms with Crippen LogP contribution in [0.1, 0.15) is 34.1 Å². The van der Waals surface area contributed by atoms with Gasteiger partial charge in [-0.2, -0.15) is 0 Å². The van der Waals surface area contributed by atoms with Crippen LogP contribution in [0.15, 0.2) is 53.4 Å². The van der Waals surface area contributed by atoms with Gasteiger partial charge in [-0.1, -0.05) is 6.07 Å². The second kappa shape index (κ2) is 8.41. The van der Waals surface area contributed by atoms with Gasteiger partial charge in [0.15, 0.2) is 5.78 Å². The number of hydrogen-bond acceptors (Lipinski definition) is 4. The van der Waals surface area contributed by atoms with Crippen molar-refractivity contribution in [2.75, 3.05) is 14.1 Å². The molecule has 0 aromatic heterocycles. The molecular formula is C19H21FN2O4S. The van der Waals surface area contributed by atoms with Crippen molar-refractivity contribution in [3.05, 3.63) is 65.5 Å². The van der Waals surface area contributed by atoms with E-state index in [9.17, 15) is 22.4 Å². The number of ketones is 1. The number of amides is 1. The van der Waals surface area contributed by atoms with Crippen molar-refractivity contribution in [1.82, 2.24) is 9.62 Å². The van der Waals surface area contributed by atoms with Crippen LogP contribution < -0.4 is 4.72 Å². The number of halogens is 1. The highest BCUT2D eigenvalue weighted by Gasteiger charge is 2.21. The average Bonchev–Trinajstić information content (AvgIpc) is 2.61. The van der Waals surface area contributed by atoms with Gasteiger partial charge in [0, 0.05) is 37.7 Å². The Labute approximate surface area is 158 Å². The summed E-state index contributed by atoms with van der Waals surface area (Å²) in [6.07, 6.45) is -0.0822. The molecule has 8 heteroatoms. The van der Waals surface area contributed by atoms with Crippen LogP contribution in [0.5, 0.6) is 0 Å². The number of hydrogen-bond donors (Lipinski definition) is 1. The Kier molecular flexibility index (Phi) is 6.45. The first-order valence-electron chi connectivity index (χ1n) is 8.23. The molecule has 1 N–H and O–H groups in total. The number of rotatable bonds is 7. The van der Waals surface area contributed by atoms with Crippen molar-refractivity contribution in [1.29, 1.82) is 0 Å². The number of carbonyl (C=O) groups excluding carboxylic acids is 2. The fourth-order valence-electron chi connectivity index (χ4n) is 2.46. The molecule has 0 unspecified atom stereocenters. The lowest BCUT2D eigenvalue weighted by Crippen LogP contribution is -2.34. The zero-order valence-electron chi connectivity index (χ0n) is 15.3. The first kappa shape index (κ1) is 20.7. The first-order valence-corrected chi connectivity index (χ1v) is 9.71. The number of benzene rings is 2. The van der Waals surface area contributed by atoms with E-state index in [1.54, 1.807) is 21.0 Å². The SMILES string of the molecule is C[C@@H](CC(=O)c1ccc(F)cc1)NS(=O)(=O)c1cccc(C(=O)N(C)C)c1. The van der Waals surface area contributed by atoms with Crippen molar-refractivity contribution in [2.45, 2.75) is 24.3 Å². The molecule has 0 aliphatic rings. The molecule has 0 saturated heterocycles. The van der Waals surface area contributed by atoms with Crippen molar-refractivity contribution in [2.24, 2.45) is 0 Å². The summed E-state index contributed by atoms with van der Waals surface area (Å²) in [6.45, 7) is 1.56. The lowest BCUT2D eigenvalue weighted by Gasteiger charge is -2.15. The van der Waals surface area contributed by atoms with Crippen molar-refractivity contribution in [3.8, 4) is 0 Å². The predicted octanol–water partition coefficient (Wildman–Crippen LogP) is 2.47. The smallest absolute Gasteiger partial charge is 0.253 e. The van der Waals surface area contributed by atoms with E-state index in [2.05, 4.69) is 4.72 Å². The highest BCUT2D eigenvalue weighted by molar-refractivity contribution is 7.89. The third-order valence-corrected chi connectivity index (χ3v) is 5.40. The molecule has 0 spiro atoms. The second-order valence-electron chi connectivity index (χ2n) is 6.38. The van der Waals surface area contributed by atoms with Gasteiger partial charge in [-0.05, 0) is 49.4 Å². The molecule has 1 atom stereocenters. The Morgan fingerprint density at radius 3 is 2.30 bits per heavy atom. The maximum Gasteiger partial charge on any atom is 0.253 e. The van der Waals surface area contributed by atoms with Gasteiger partial charge < -0.3 is 4.90 Å². The molecule has 0 radical (unpaired) electrons. The average molecular weight is 392 g/mol. The van der Waals surface area contributed by atoms with Gasteiger partial charge in [0.1, 0.15) is 5.82 Å². The minimum absolute atomic E-state index is 0.0590. The van der Waals surface area contributed by atoms with Gasteiger partial charge in [0.25, 0.3) is 5.91 Å². The molecule has 2 rings (SSSR count). The standard InChI is InChI=1S/C19H21FN2O4S/c1-13(11-18(23)14-7-9-16(20)10-8-14)21-27(25,26)17-6-4-5-15(12-17)19(24)22(2)3/h4-10,12-13,21H,11H2,1-3H3/t13-/m0/s1. The molecule has 1 amide bonds. The Balaban J connectivity index is 2.11. The monoisotopic (exact) mass is 392 g/mol. The summed E-state index contributed by atoms with van der Waals surface area (Å²) in [5, 5.41) is 0. The Morgan fingerprint density at radius 2 is 1.70 bits per heavy atom. The van der Waals surface area contributed by atoms with Crippen LogP contribution in [0.4, 0.5) is 4.39 Å². The topological polar surface area (TPSA) is 83.5 Å². The van der Waals surface area contributed by atoms with E-state index in [0.29, 0.717) is 5.56 Å². The fraction of sp³-hybridized carbons (Fsp3) is 0.263. The lowest BCUT2D eigenvalue weighted by molar-refractivity contribution is 0.0827. The number of Topliss-reactive ketones (excluding diaryl/α,β-unsaturated/α-hetero) is 1. The minimum atomic E-state index is -3.91. The zero-order chi connectivity index (χ0) is 20.2. The Hall–Kier alpha value is -2.58. The normalized spacial score (nSPS) is 12.4. The molecular weight excluding hydrogens is 371 g/mol. The molecule has 0 aliphatic heterocycles. The molecule has 144 valence electrons. The van der Waals surface area contributed by atoms with Crippen molar-refractivity contribution >= 4 is 21.7 Å². The van der Waals surface area contributed by atoms with E-state index in [0.717, 1.165) is 0 Å². The van der Waals surface area contributed by atoms with Gasteiger partial charge in [0.05, 0.1) is 4.90 Å². The molecule has 2 aromatic rings. The number of carbonyl (C=O) groups is 2. The maximum absolute atomic E-state index is 12.9. The van der Waals surface area contributed by atoms with Crippen LogP contribution in [-0.4, -0.2) is 45.1 Å². The van der Waals surface area contributed by atoms with E-state index in [4.69, 9.17) is 0 Å². The van der Waals surface area contributed by atoms with Crippen molar-refractivity contribution in [3.63, 3.8) is 0 Å². The maximum atomic E-state index is 12.9. The molecule has 0 heterocycles. The summed E-state index contributed by atoms with van der Waals surface area (Å²) < 4.78 is 40.5. The van der Waals surface area contributed by atoms with Gasteiger partial charge in [-0.25, -0.2) is 17.5 Å². The van der Waals surface area contributed by atoms with Crippen LogP contribution in [-0.2, 0) is 10.0 Å². The summed E-state index contributed by atoms with van der Waals surface area (Å²) in [5.74, 6) is -1.07. The summed E-state index contributed by atoms with van der Waals surface area (Å²) in [4.78, 5) is 25.5.